The zero-order valence-electron chi connectivity index (χ0n) is 9.93. The fourth-order valence-corrected chi connectivity index (χ4v) is 2.64. The van der Waals surface area contributed by atoms with Gasteiger partial charge in [-0.15, -0.1) is 0 Å². The third-order valence-electron chi connectivity index (χ3n) is 3.79. The van der Waals surface area contributed by atoms with Gasteiger partial charge in [-0.3, -0.25) is 4.90 Å². The molecule has 0 bridgehead atoms. The second kappa shape index (κ2) is 5.01. The van der Waals surface area contributed by atoms with Gasteiger partial charge in [0.25, 0.3) is 0 Å². The van der Waals surface area contributed by atoms with Crippen LogP contribution < -0.4 is 0 Å². The predicted octanol–water partition coefficient (Wildman–Crippen LogP) is 0.376. The van der Waals surface area contributed by atoms with E-state index >= 15 is 0 Å². The van der Waals surface area contributed by atoms with E-state index in [9.17, 15) is 4.79 Å². The number of piperidine rings is 1. The van der Waals surface area contributed by atoms with Crippen LogP contribution in [0.4, 0.5) is 4.79 Å². The van der Waals surface area contributed by atoms with Crippen LogP contribution in [0, 0.1) is 0 Å². The highest BCUT2D eigenvalue weighted by Gasteiger charge is 2.27. The number of hydrogen-bond donors (Lipinski definition) is 1. The molecule has 16 heavy (non-hydrogen) atoms. The summed E-state index contributed by atoms with van der Waals surface area (Å²) in [5.74, 6) is 0. The molecular weight excluding hydrogens is 206 g/mol. The summed E-state index contributed by atoms with van der Waals surface area (Å²) in [7, 11) is 2.17. The molecule has 0 saturated carbocycles. The lowest BCUT2D eigenvalue weighted by atomic mass is 10.0. The van der Waals surface area contributed by atoms with Crippen molar-refractivity contribution in [2.75, 3.05) is 46.3 Å². The molecule has 2 saturated heterocycles. The number of piperazine rings is 1. The van der Waals surface area contributed by atoms with Crippen LogP contribution in [-0.2, 0) is 0 Å². The van der Waals surface area contributed by atoms with E-state index < -0.39 is 6.09 Å². The number of rotatable bonds is 1. The second-order valence-electron chi connectivity index (χ2n) is 4.84. The van der Waals surface area contributed by atoms with Gasteiger partial charge in [0, 0.05) is 32.2 Å². The van der Waals surface area contributed by atoms with Crippen molar-refractivity contribution in [1.82, 2.24) is 14.7 Å². The SMILES string of the molecule is CN1CCC(N2CCN(C(=O)O)CC2)CC1. The van der Waals surface area contributed by atoms with E-state index in [1.54, 1.807) is 0 Å². The summed E-state index contributed by atoms with van der Waals surface area (Å²) in [5, 5.41) is 8.87. The van der Waals surface area contributed by atoms with Crippen molar-refractivity contribution in [3.8, 4) is 0 Å². The Bertz CT molecular complexity index is 244. The maximum absolute atomic E-state index is 10.8. The highest BCUT2D eigenvalue weighted by atomic mass is 16.4. The van der Waals surface area contributed by atoms with Gasteiger partial charge < -0.3 is 14.9 Å². The van der Waals surface area contributed by atoms with E-state index in [4.69, 9.17) is 5.11 Å². The first kappa shape index (κ1) is 11.7. The molecule has 1 N–H and O–H groups in total. The average molecular weight is 227 g/mol. The van der Waals surface area contributed by atoms with Crippen LogP contribution in [0.5, 0.6) is 0 Å². The van der Waals surface area contributed by atoms with Crippen molar-refractivity contribution in [1.29, 1.82) is 0 Å². The van der Waals surface area contributed by atoms with E-state index in [-0.39, 0.29) is 0 Å². The van der Waals surface area contributed by atoms with Crippen LogP contribution in [0.3, 0.4) is 0 Å². The first-order chi connectivity index (χ1) is 7.66. The molecule has 5 heteroatoms. The van der Waals surface area contributed by atoms with E-state index in [0.29, 0.717) is 19.1 Å². The monoisotopic (exact) mass is 227 g/mol. The van der Waals surface area contributed by atoms with Crippen LogP contribution in [0.2, 0.25) is 0 Å². The lowest BCUT2D eigenvalue weighted by Crippen LogP contribution is -2.53. The van der Waals surface area contributed by atoms with E-state index in [1.807, 2.05) is 0 Å². The maximum atomic E-state index is 10.8. The van der Waals surface area contributed by atoms with Crippen molar-refractivity contribution >= 4 is 6.09 Å². The fourth-order valence-electron chi connectivity index (χ4n) is 2.64. The largest absolute Gasteiger partial charge is 0.465 e. The van der Waals surface area contributed by atoms with Crippen LogP contribution in [0.1, 0.15) is 12.8 Å². The maximum Gasteiger partial charge on any atom is 0.407 e. The number of likely N-dealkylation sites (tertiary alicyclic amines) is 1. The Morgan fingerprint density at radius 1 is 1.06 bits per heavy atom. The minimum atomic E-state index is -0.775. The highest BCUT2D eigenvalue weighted by Crippen LogP contribution is 2.17. The van der Waals surface area contributed by atoms with Crippen molar-refractivity contribution < 1.29 is 9.90 Å². The predicted molar refractivity (Wildman–Crippen MR) is 61.7 cm³/mol. The standard InChI is InChI=1S/C11H21N3O2/c1-12-4-2-10(3-5-12)13-6-8-14(9-7-13)11(15)16/h10H,2-9H2,1H3,(H,15,16). The van der Waals surface area contributed by atoms with Gasteiger partial charge in [0.05, 0.1) is 0 Å². The van der Waals surface area contributed by atoms with Crippen molar-refractivity contribution in [3.63, 3.8) is 0 Å². The first-order valence-corrected chi connectivity index (χ1v) is 6.07. The molecule has 0 aromatic carbocycles. The lowest BCUT2D eigenvalue weighted by molar-refractivity contribution is 0.0623. The van der Waals surface area contributed by atoms with Gasteiger partial charge in [-0.2, -0.15) is 0 Å². The van der Waals surface area contributed by atoms with Crippen molar-refractivity contribution in [2.24, 2.45) is 0 Å². The van der Waals surface area contributed by atoms with Gasteiger partial charge in [0.1, 0.15) is 0 Å². The average Bonchev–Trinajstić information content (AvgIpc) is 2.30. The van der Waals surface area contributed by atoms with Crippen LogP contribution in [0.25, 0.3) is 0 Å². The summed E-state index contributed by atoms with van der Waals surface area (Å²) in [6, 6.07) is 0.673. The molecule has 0 radical (unpaired) electrons. The van der Waals surface area contributed by atoms with Gasteiger partial charge >= 0.3 is 6.09 Å². The molecule has 0 unspecified atom stereocenters. The second-order valence-corrected chi connectivity index (χ2v) is 4.84. The molecule has 0 atom stereocenters. The Kier molecular flexibility index (Phi) is 3.66. The Balaban J connectivity index is 1.78. The molecule has 2 rings (SSSR count). The van der Waals surface area contributed by atoms with Crippen LogP contribution >= 0.6 is 0 Å². The Morgan fingerprint density at radius 2 is 1.62 bits per heavy atom. The van der Waals surface area contributed by atoms with Gasteiger partial charge in [0.2, 0.25) is 0 Å². The molecule has 1 amide bonds. The Hall–Kier alpha value is -0.810. The van der Waals surface area contributed by atoms with E-state index in [2.05, 4.69) is 16.8 Å². The summed E-state index contributed by atoms with van der Waals surface area (Å²) in [4.78, 5) is 17.1. The topological polar surface area (TPSA) is 47.0 Å². The highest BCUT2D eigenvalue weighted by molar-refractivity contribution is 5.65. The zero-order chi connectivity index (χ0) is 11.5. The van der Waals surface area contributed by atoms with Gasteiger partial charge in [-0.25, -0.2) is 4.79 Å². The van der Waals surface area contributed by atoms with Crippen molar-refractivity contribution in [3.05, 3.63) is 0 Å². The first-order valence-electron chi connectivity index (χ1n) is 6.07. The van der Waals surface area contributed by atoms with Gasteiger partial charge in [-0.05, 0) is 33.0 Å². The third-order valence-corrected chi connectivity index (χ3v) is 3.79. The molecule has 0 aromatic heterocycles. The molecule has 2 aliphatic heterocycles. The lowest BCUT2D eigenvalue weighted by Gasteiger charge is -2.41. The molecule has 2 fully saturated rings. The molecule has 0 aromatic rings. The normalized spacial score (nSPS) is 25.9. The molecule has 5 nitrogen and oxygen atoms in total. The number of carboxylic acid groups (broad SMARTS) is 1. The summed E-state index contributed by atoms with van der Waals surface area (Å²) in [5.41, 5.74) is 0. The Labute approximate surface area is 96.6 Å². The molecule has 0 aliphatic carbocycles. The molecule has 2 heterocycles. The van der Waals surface area contributed by atoms with Crippen LogP contribution in [-0.4, -0.2) is 78.3 Å². The molecular formula is C11H21N3O2. The Morgan fingerprint density at radius 3 is 2.12 bits per heavy atom. The quantitative estimate of drug-likeness (QED) is 0.703. The number of nitrogens with zero attached hydrogens (tertiary/aromatic N) is 3. The van der Waals surface area contributed by atoms with E-state index in [0.717, 1.165) is 13.1 Å². The van der Waals surface area contributed by atoms with Gasteiger partial charge in [0.15, 0.2) is 0 Å². The minimum Gasteiger partial charge on any atom is -0.465 e. The third kappa shape index (κ3) is 2.65. The smallest absolute Gasteiger partial charge is 0.407 e. The molecule has 0 spiro atoms. The molecule has 92 valence electrons. The van der Waals surface area contributed by atoms with Crippen LogP contribution in [0.15, 0.2) is 0 Å². The summed E-state index contributed by atoms with van der Waals surface area (Å²) < 4.78 is 0. The zero-order valence-corrected chi connectivity index (χ0v) is 9.93. The van der Waals surface area contributed by atoms with Crippen molar-refractivity contribution in [2.45, 2.75) is 18.9 Å². The molecule has 2 aliphatic rings. The minimum absolute atomic E-state index is 0.668. The number of amides is 1. The van der Waals surface area contributed by atoms with Gasteiger partial charge in [-0.1, -0.05) is 0 Å². The summed E-state index contributed by atoms with van der Waals surface area (Å²) in [6.45, 7) is 5.48. The number of carbonyl (C=O) groups is 1. The van der Waals surface area contributed by atoms with E-state index in [1.165, 1.54) is 30.8 Å². The fraction of sp³-hybridized carbons (Fsp3) is 0.909. The summed E-state index contributed by atoms with van der Waals surface area (Å²) in [6.07, 6.45) is 1.68. The number of hydrogen-bond acceptors (Lipinski definition) is 3. The summed E-state index contributed by atoms with van der Waals surface area (Å²) >= 11 is 0.